The summed E-state index contributed by atoms with van der Waals surface area (Å²) < 4.78 is 10.5. The van der Waals surface area contributed by atoms with Crippen molar-refractivity contribution in [2.45, 2.75) is 12.8 Å². The molecule has 0 aliphatic carbocycles. The van der Waals surface area contributed by atoms with Gasteiger partial charge >= 0.3 is 0 Å². The second kappa shape index (κ2) is 6.76. The third kappa shape index (κ3) is 3.18. The van der Waals surface area contributed by atoms with Crippen molar-refractivity contribution in [3.05, 3.63) is 23.8 Å². The van der Waals surface area contributed by atoms with E-state index in [1.54, 1.807) is 14.2 Å². The van der Waals surface area contributed by atoms with Gasteiger partial charge in [0.15, 0.2) is 0 Å². The van der Waals surface area contributed by atoms with Crippen LogP contribution >= 0.6 is 0 Å². The SMILES string of the molecule is COc1cccc(OC)c1C#CCCCN. The second-order valence-electron chi connectivity index (χ2n) is 3.23. The standard InChI is InChI=1S/C13H17NO2/c1-15-12-8-6-9-13(16-2)11(12)7-4-3-5-10-14/h6,8-9H,3,5,10,14H2,1-2H3. The highest BCUT2D eigenvalue weighted by atomic mass is 16.5. The first-order valence-corrected chi connectivity index (χ1v) is 5.23. The molecular weight excluding hydrogens is 202 g/mol. The first-order valence-electron chi connectivity index (χ1n) is 5.23. The van der Waals surface area contributed by atoms with E-state index in [0.29, 0.717) is 6.54 Å². The molecule has 0 unspecified atom stereocenters. The lowest BCUT2D eigenvalue weighted by Gasteiger charge is -2.07. The fourth-order valence-electron chi connectivity index (χ4n) is 1.32. The number of unbranched alkanes of at least 4 members (excludes halogenated alkanes) is 1. The van der Waals surface area contributed by atoms with Crippen molar-refractivity contribution in [3.63, 3.8) is 0 Å². The predicted octanol–water partition coefficient (Wildman–Crippen LogP) is 1.79. The van der Waals surface area contributed by atoms with Crippen molar-refractivity contribution >= 4 is 0 Å². The zero-order valence-electron chi connectivity index (χ0n) is 9.75. The van der Waals surface area contributed by atoms with Crippen molar-refractivity contribution in [1.82, 2.24) is 0 Å². The number of rotatable bonds is 4. The molecule has 3 nitrogen and oxygen atoms in total. The maximum Gasteiger partial charge on any atom is 0.138 e. The normalized spacial score (nSPS) is 9.19. The summed E-state index contributed by atoms with van der Waals surface area (Å²) in [6, 6.07) is 5.62. The van der Waals surface area contributed by atoms with Crippen molar-refractivity contribution in [2.24, 2.45) is 5.73 Å². The fraction of sp³-hybridized carbons (Fsp3) is 0.385. The van der Waals surface area contributed by atoms with E-state index in [-0.39, 0.29) is 0 Å². The first kappa shape index (κ1) is 12.4. The fourth-order valence-corrected chi connectivity index (χ4v) is 1.32. The number of hydrogen-bond acceptors (Lipinski definition) is 3. The molecule has 0 radical (unpaired) electrons. The van der Waals surface area contributed by atoms with Gasteiger partial charge in [0.25, 0.3) is 0 Å². The lowest BCUT2D eigenvalue weighted by molar-refractivity contribution is 0.392. The summed E-state index contributed by atoms with van der Waals surface area (Å²) in [6.45, 7) is 0.664. The molecule has 0 bridgehead atoms. The first-order chi connectivity index (χ1) is 7.83. The van der Waals surface area contributed by atoms with Crippen LogP contribution in [-0.2, 0) is 0 Å². The quantitative estimate of drug-likeness (QED) is 0.620. The minimum Gasteiger partial charge on any atom is -0.495 e. The lowest BCUT2D eigenvalue weighted by Crippen LogP contribution is -1.96. The monoisotopic (exact) mass is 219 g/mol. The number of hydrogen-bond donors (Lipinski definition) is 1. The van der Waals surface area contributed by atoms with Gasteiger partial charge in [0.05, 0.1) is 14.2 Å². The minimum atomic E-state index is 0.664. The maximum absolute atomic E-state index is 5.40. The molecule has 3 heteroatoms. The third-order valence-electron chi connectivity index (χ3n) is 2.15. The van der Waals surface area contributed by atoms with Crippen LogP contribution in [0.4, 0.5) is 0 Å². The van der Waals surface area contributed by atoms with Gasteiger partial charge in [-0.15, -0.1) is 0 Å². The molecule has 1 aromatic carbocycles. The van der Waals surface area contributed by atoms with Gasteiger partial charge in [-0.3, -0.25) is 0 Å². The highest BCUT2D eigenvalue weighted by molar-refractivity contribution is 5.55. The summed E-state index contributed by atoms with van der Waals surface area (Å²) in [5, 5.41) is 0. The van der Waals surface area contributed by atoms with Crippen molar-refractivity contribution in [2.75, 3.05) is 20.8 Å². The van der Waals surface area contributed by atoms with Crippen molar-refractivity contribution in [1.29, 1.82) is 0 Å². The van der Waals surface area contributed by atoms with Gasteiger partial charge in [0.2, 0.25) is 0 Å². The summed E-state index contributed by atoms with van der Waals surface area (Å²) >= 11 is 0. The average Bonchev–Trinajstić information content (AvgIpc) is 2.34. The molecule has 1 aromatic rings. The molecule has 2 N–H and O–H groups in total. The van der Waals surface area contributed by atoms with Crippen LogP contribution in [0, 0.1) is 11.8 Å². The van der Waals surface area contributed by atoms with Crippen LogP contribution in [0.5, 0.6) is 11.5 Å². The Balaban J connectivity index is 2.93. The molecule has 0 aliphatic heterocycles. The highest BCUT2D eigenvalue weighted by Gasteiger charge is 2.05. The van der Waals surface area contributed by atoms with Gasteiger partial charge in [-0.2, -0.15) is 0 Å². The molecule has 0 atom stereocenters. The zero-order valence-corrected chi connectivity index (χ0v) is 9.75. The van der Waals surface area contributed by atoms with Crippen LogP contribution in [0.3, 0.4) is 0 Å². The Kier molecular flexibility index (Phi) is 5.24. The summed E-state index contributed by atoms with van der Waals surface area (Å²) in [6.07, 6.45) is 1.70. The van der Waals surface area contributed by atoms with Crippen molar-refractivity contribution < 1.29 is 9.47 Å². The second-order valence-corrected chi connectivity index (χ2v) is 3.23. The van der Waals surface area contributed by atoms with Gasteiger partial charge in [-0.05, 0) is 25.1 Å². The maximum atomic E-state index is 5.40. The predicted molar refractivity (Wildman–Crippen MR) is 64.7 cm³/mol. The smallest absolute Gasteiger partial charge is 0.138 e. The largest absolute Gasteiger partial charge is 0.495 e. The Bertz CT molecular complexity index is 368. The molecule has 0 saturated carbocycles. The zero-order chi connectivity index (χ0) is 11.8. The van der Waals surface area contributed by atoms with Gasteiger partial charge in [-0.25, -0.2) is 0 Å². The summed E-state index contributed by atoms with van der Waals surface area (Å²) in [5.74, 6) is 7.60. The summed E-state index contributed by atoms with van der Waals surface area (Å²) in [7, 11) is 3.25. The molecule has 0 spiro atoms. The Hall–Kier alpha value is -1.66. The Morgan fingerprint density at radius 2 is 1.81 bits per heavy atom. The Morgan fingerprint density at radius 1 is 1.19 bits per heavy atom. The van der Waals surface area contributed by atoms with Crippen molar-refractivity contribution in [3.8, 4) is 23.3 Å². The van der Waals surface area contributed by atoms with Crippen LogP contribution in [0.15, 0.2) is 18.2 Å². The molecule has 0 amide bonds. The summed E-state index contributed by atoms with van der Waals surface area (Å²) in [4.78, 5) is 0. The van der Waals surface area contributed by atoms with E-state index in [1.807, 2.05) is 18.2 Å². The third-order valence-corrected chi connectivity index (χ3v) is 2.15. The molecule has 0 aliphatic rings. The molecular formula is C13H17NO2. The van der Waals surface area contributed by atoms with Gasteiger partial charge in [0, 0.05) is 6.42 Å². The minimum absolute atomic E-state index is 0.664. The molecule has 0 fully saturated rings. The van der Waals surface area contributed by atoms with E-state index in [2.05, 4.69) is 11.8 Å². The van der Waals surface area contributed by atoms with E-state index >= 15 is 0 Å². The molecule has 0 heterocycles. The van der Waals surface area contributed by atoms with E-state index in [9.17, 15) is 0 Å². The van der Waals surface area contributed by atoms with Gasteiger partial charge in [0.1, 0.15) is 17.1 Å². The molecule has 86 valence electrons. The van der Waals surface area contributed by atoms with Crippen LogP contribution in [-0.4, -0.2) is 20.8 Å². The van der Waals surface area contributed by atoms with E-state index in [4.69, 9.17) is 15.2 Å². The molecule has 0 saturated heterocycles. The number of benzene rings is 1. The number of methoxy groups -OCH3 is 2. The average molecular weight is 219 g/mol. The van der Waals surface area contributed by atoms with E-state index < -0.39 is 0 Å². The highest BCUT2D eigenvalue weighted by Crippen LogP contribution is 2.26. The summed E-state index contributed by atoms with van der Waals surface area (Å²) in [5.41, 5.74) is 6.20. The van der Waals surface area contributed by atoms with Crippen LogP contribution in [0.25, 0.3) is 0 Å². The van der Waals surface area contributed by atoms with Crippen LogP contribution in [0.2, 0.25) is 0 Å². The van der Waals surface area contributed by atoms with Gasteiger partial charge < -0.3 is 15.2 Å². The van der Waals surface area contributed by atoms with Gasteiger partial charge in [-0.1, -0.05) is 17.9 Å². The Morgan fingerprint density at radius 3 is 2.31 bits per heavy atom. The Labute approximate surface area is 96.6 Å². The molecule has 0 aromatic heterocycles. The van der Waals surface area contributed by atoms with Crippen LogP contribution in [0.1, 0.15) is 18.4 Å². The number of ether oxygens (including phenoxy) is 2. The molecule has 16 heavy (non-hydrogen) atoms. The topological polar surface area (TPSA) is 44.5 Å². The number of nitrogens with two attached hydrogens (primary N) is 1. The lowest BCUT2D eigenvalue weighted by atomic mass is 10.1. The van der Waals surface area contributed by atoms with Crippen LogP contribution < -0.4 is 15.2 Å². The van der Waals surface area contributed by atoms with E-state index in [0.717, 1.165) is 29.9 Å². The molecule has 1 rings (SSSR count). The van der Waals surface area contributed by atoms with E-state index in [1.165, 1.54) is 0 Å².